The predicted molar refractivity (Wildman–Crippen MR) is 71.9 cm³/mol. The quantitative estimate of drug-likeness (QED) is 0.871. The Morgan fingerprint density at radius 2 is 1.84 bits per heavy atom. The van der Waals surface area contributed by atoms with Crippen molar-refractivity contribution in [1.82, 2.24) is 10.3 Å². The number of rotatable bonds is 4. The van der Waals surface area contributed by atoms with E-state index in [2.05, 4.69) is 10.3 Å². The number of pyridine rings is 1. The first-order valence-corrected chi connectivity index (χ1v) is 6.07. The molecule has 0 saturated heterocycles. The third-order valence-electron chi connectivity index (χ3n) is 3.75. The van der Waals surface area contributed by atoms with Gasteiger partial charge in [-0.1, -0.05) is 6.07 Å². The molecule has 0 aliphatic rings. The fraction of sp³-hybridized carbons (Fsp3) is 0.500. The summed E-state index contributed by atoms with van der Waals surface area (Å²) < 4.78 is 0. The summed E-state index contributed by atoms with van der Waals surface area (Å²) in [6.07, 6.45) is 1.54. The number of carboxylic acid groups (broad SMARTS) is 1. The Labute approximate surface area is 113 Å². The number of aryl methyl sites for hydroxylation is 1. The molecular weight excluding hydrogens is 244 g/mol. The average molecular weight is 264 g/mol. The fourth-order valence-corrected chi connectivity index (χ4v) is 1.49. The van der Waals surface area contributed by atoms with E-state index in [0.717, 1.165) is 5.56 Å². The molecule has 5 nitrogen and oxygen atoms in total. The second-order valence-electron chi connectivity index (χ2n) is 5.68. The highest BCUT2D eigenvalue weighted by Gasteiger charge is 2.44. The summed E-state index contributed by atoms with van der Waals surface area (Å²) >= 11 is 0. The van der Waals surface area contributed by atoms with Crippen LogP contribution < -0.4 is 5.32 Å². The van der Waals surface area contributed by atoms with E-state index in [1.165, 1.54) is 6.20 Å². The van der Waals surface area contributed by atoms with Crippen molar-refractivity contribution in [3.8, 4) is 0 Å². The maximum absolute atomic E-state index is 12.2. The smallest absolute Gasteiger partial charge is 0.311 e. The Hall–Kier alpha value is -1.91. The standard InChI is InChI=1S/C14H20N2O3/c1-9-7-6-8-15-10(9)11(17)16-14(4,5)13(2,3)12(18)19/h6-8H,1-5H3,(H,16,17)(H,18,19). The van der Waals surface area contributed by atoms with E-state index in [0.29, 0.717) is 5.69 Å². The third-order valence-corrected chi connectivity index (χ3v) is 3.75. The summed E-state index contributed by atoms with van der Waals surface area (Å²) in [5.41, 5.74) is -0.925. The van der Waals surface area contributed by atoms with Crippen molar-refractivity contribution in [2.45, 2.75) is 40.2 Å². The Morgan fingerprint density at radius 3 is 2.32 bits per heavy atom. The van der Waals surface area contributed by atoms with Crippen LogP contribution in [0.25, 0.3) is 0 Å². The number of amides is 1. The number of hydrogen-bond donors (Lipinski definition) is 2. The second kappa shape index (κ2) is 4.99. The normalized spacial score (nSPS) is 12.1. The van der Waals surface area contributed by atoms with Crippen LogP contribution in [0.5, 0.6) is 0 Å². The minimum absolute atomic E-state index is 0.316. The van der Waals surface area contributed by atoms with Gasteiger partial charge in [-0.3, -0.25) is 14.6 Å². The zero-order valence-electron chi connectivity index (χ0n) is 11.9. The lowest BCUT2D eigenvalue weighted by atomic mass is 9.74. The monoisotopic (exact) mass is 264 g/mol. The summed E-state index contributed by atoms with van der Waals surface area (Å²) in [7, 11) is 0. The number of aromatic nitrogens is 1. The van der Waals surface area contributed by atoms with Gasteiger partial charge in [0.05, 0.1) is 11.0 Å². The maximum Gasteiger partial charge on any atom is 0.311 e. The molecule has 1 heterocycles. The first-order valence-electron chi connectivity index (χ1n) is 6.07. The van der Waals surface area contributed by atoms with Crippen LogP contribution in [0.3, 0.4) is 0 Å². The van der Waals surface area contributed by atoms with Gasteiger partial charge in [0.1, 0.15) is 5.69 Å². The molecule has 2 N–H and O–H groups in total. The van der Waals surface area contributed by atoms with Gasteiger partial charge in [0.15, 0.2) is 0 Å². The highest BCUT2D eigenvalue weighted by atomic mass is 16.4. The third kappa shape index (κ3) is 2.92. The summed E-state index contributed by atoms with van der Waals surface area (Å²) in [4.78, 5) is 27.5. The van der Waals surface area contributed by atoms with Crippen LogP contribution in [0, 0.1) is 12.3 Å². The Kier molecular flexibility index (Phi) is 3.98. The lowest BCUT2D eigenvalue weighted by Gasteiger charge is -2.38. The van der Waals surface area contributed by atoms with Crippen LogP contribution in [-0.2, 0) is 4.79 Å². The molecular formula is C14H20N2O3. The molecule has 0 bridgehead atoms. The first-order chi connectivity index (χ1) is 8.59. The molecule has 0 aliphatic carbocycles. The van der Waals surface area contributed by atoms with E-state index in [1.54, 1.807) is 46.8 Å². The number of aliphatic carboxylic acids is 1. The zero-order chi connectivity index (χ0) is 14.8. The van der Waals surface area contributed by atoms with Crippen molar-refractivity contribution in [1.29, 1.82) is 0 Å². The van der Waals surface area contributed by atoms with Crippen LogP contribution in [-0.4, -0.2) is 27.5 Å². The lowest BCUT2D eigenvalue weighted by Crippen LogP contribution is -2.57. The molecule has 0 fully saturated rings. The minimum atomic E-state index is -1.09. The molecule has 0 aromatic carbocycles. The topological polar surface area (TPSA) is 79.3 Å². The van der Waals surface area contributed by atoms with Crippen LogP contribution in [0.4, 0.5) is 0 Å². The van der Waals surface area contributed by atoms with Crippen LogP contribution in [0.1, 0.15) is 43.7 Å². The van der Waals surface area contributed by atoms with Crippen LogP contribution in [0.2, 0.25) is 0 Å². The number of hydrogen-bond acceptors (Lipinski definition) is 3. The van der Waals surface area contributed by atoms with Gasteiger partial charge in [-0.25, -0.2) is 0 Å². The Morgan fingerprint density at radius 1 is 1.26 bits per heavy atom. The highest BCUT2D eigenvalue weighted by Crippen LogP contribution is 2.31. The molecule has 104 valence electrons. The number of carboxylic acids is 1. The molecule has 0 unspecified atom stereocenters. The van der Waals surface area contributed by atoms with E-state index in [1.807, 2.05) is 0 Å². The highest BCUT2D eigenvalue weighted by molar-refractivity contribution is 5.94. The molecule has 1 aromatic heterocycles. The van der Waals surface area contributed by atoms with Gasteiger partial charge < -0.3 is 10.4 Å². The van der Waals surface area contributed by atoms with Gasteiger partial charge in [0.25, 0.3) is 5.91 Å². The Bertz CT molecular complexity index is 507. The van der Waals surface area contributed by atoms with Gasteiger partial charge >= 0.3 is 5.97 Å². The van der Waals surface area contributed by atoms with Crippen LogP contribution >= 0.6 is 0 Å². The minimum Gasteiger partial charge on any atom is -0.481 e. The van der Waals surface area contributed by atoms with Crippen molar-refractivity contribution in [2.75, 3.05) is 0 Å². The zero-order valence-corrected chi connectivity index (χ0v) is 11.9. The number of carbonyl (C=O) groups excluding carboxylic acids is 1. The van der Waals surface area contributed by atoms with Gasteiger partial charge in [0.2, 0.25) is 0 Å². The van der Waals surface area contributed by atoms with Gasteiger partial charge in [-0.05, 0) is 46.2 Å². The lowest BCUT2D eigenvalue weighted by molar-refractivity contribution is -0.150. The SMILES string of the molecule is Cc1cccnc1C(=O)NC(C)(C)C(C)(C)C(=O)O. The summed E-state index contributed by atoms with van der Waals surface area (Å²) in [5.74, 6) is -1.33. The van der Waals surface area contributed by atoms with Gasteiger partial charge in [-0.15, -0.1) is 0 Å². The Balaban J connectivity index is 3.00. The molecule has 1 aromatic rings. The first kappa shape index (κ1) is 15.1. The van der Waals surface area contributed by atoms with Crippen molar-refractivity contribution in [2.24, 2.45) is 5.41 Å². The van der Waals surface area contributed by atoms with Crippen molar-refractivity contribution >= 4 is 11.9 Å². The van der Waals surface area contributed by atoms with E-state index in [-0.39, 0.29) is 5.91 Å². The predicted octanol–water partition coefficient (Wildman–Crippen LogP) is 2.01. The number of nitrogens with zero attached hydrogens (tertiary/aromatic N) is 1. The number of nitrogens with one attached hydrogen (secondary N) is 1. The molecule has 1 amide bonds. The average Bonchev–Trinajstić information content (AvgIpc) is 2.28. The molecule has 19 heavy (non-hydrogen) atoms. The van der Waals surface area contributed by atoms with Crippen molar-refractivity contribution in [3.63, 3.8) is 0 Å². The van der Waals surface area contributed by atoms with E-state index in [9.17, 15) is 14.7 Å². The summed E-state index contributed by atoms with van der Waals surface area (Å²) in [6.45, 7) is 8.34. The van der Waals surface area contributed by atoms with Crippen molar-refractivity contribution < 1.29 is 14.7 Å². The summed E-state index contributed by atoms with van der Waals surface area (Å²) in [6, 6.07) is 3.54. The van der Waals surface area contributed by atoms with E-state index < -0.39 is 16.9 Å². The molecule has 0 spiro atoms. The molecule has 0 radical (unpaired) electrons. The van der Waals surface area contributed by atoms with Crippen LogP contribution in [0.15, 0.2) is 18.3 Å². The second-order valence-corrected chi connectivity index (χ2v) is 5.68. The van der Waals surface area contributed by atoms with E-state index >= 15 is 0 Å². The molecule has 5 heteroatoms. The van der Waals surface area contributed by atoms with Gasteiger partial charge in [-0.2, -0.15) is 0 Å². The van der Waals surface area contributed by atoms with Gasteiger partial charge in [0, 0.05) is 6.20 Å². The fourth-order valence-electron chi connectivity index (χ4n) is 1.49. The molecule has 1 rings (SSSR count). The molecule has 0 saturated carbocycles. The molecule has 0 atom stereocenters. The van der Waals surface area contributed by atoms with E-state index in [4.69, 9.17) is 0 Å². The molecule has 0 aliphatic heterocycles. The maximum atomic E-state index is 12.2. The van der Waals surface area contributed by atoms with Crippen molar-refractivity contribution in [3.05, 3.63) is 29.6 Å². The number of carbonyl (C=O) groups is 2. The largest absolute Gasteiger partial charge is 0.481 e. The summed E-state index contributed by atoms with van der Waals surface area (Å²) in [5, 5.41) is 12.0.